The highest BCUT2D eigenvalue weighted by atomic mass is 19.1. The Morgan fingerprint density at radius 2 is 1.50 bits per heavy atom. The summed E-state index contributed by atoms with van der Waals surface area (Å²) in [5.41, 5.74) is 4.39. The molecule has 0 spiro atoms. The van der Waals surface area contributed by atoms with E-state index in [0.29, 0.717) is 22.2 Å². The summed E-state index contributed by atoms with van der Waals surface area (Å²) in [6, 6.07) is 14.4. The number of benzene rings is 2. The first-order valence-corrected chi connectivity index (χ1v) is 10.7. The van der Waals surface area contributed by atoms with Crippen LogP contribution in [0.5, 0.6) is 0 Å². The third kappa shape index (κ3) is 3.46. The average molecular weight is 457 g/mol. The largest absolute Gasteiger partial charge is 0.350 e. The minimum absolute atomic E-state index is 0.147. The molecule has 1 N–H and O–H groups in total. The molecule has 5 rings (SSSR count). The van der Waals surface area contributed by atoms with Crippen LogP contribution in [0.2, 0.25) is 0 Å². The van der Waals surface area contributed by atoms with E-state index in [-0.39, 0.29) is 22.2 Å². The quantitative estimate of drug-likeness (QED) is 0.407. The van der Waals surface area contributed by atoms with Gasteiger partial charge in [-0.3, -0.25) is 9.59 Å². The lowest BCUT2D eigenvalue weighted by Crippen LogP contribution is -2.18. The molecule has 7 heteroatoms. The van der Waals surface area contributed by atoms with Gasteiger partial charge in [0, 0.05) is 66.4 Å². The van der Waals surface area contributed by atoms with Gasteiger partial charge in [0.25, 0.3) is 11.1 Å². The second-order valence-electron chi connectivity index (χ2n) is 8.42. The Morgan fingerprint density at radius 3 is 2.24 bits per heavy atom. The van der Waals surface area contributed by atoms with Crippen LogP contribution in [-0.2, 0) is 14.1 Å². The van der Waals surface area contributed by atoms with E-state index in [4.69, 9.17) is 0 Å². The average Bonchev–Trinajstić information content (AvgIpc) is 3.24. The van der Waals surface area contributed by atoms with Gasteiger partial charge in [-0.2, -0.15) is 0 Å². The van der Waals surface area contributed by atoms with Gasteiger partial charge in [0.15, 0.2) is 0 Å². The summed E-state index contributed by atoms with van der Waals surface area (Å²) in [6.45, 7) is 1.99. The fraction of sp³-hybridized carbons (Fsp3) is 0.111. The summed E-state index contributed by atoms with van der Waals surface area (Å²) < 4.78 is 30.9. The Balaban J connectivity index is 1.85. The second-order valence-corrected chi connectivity index (χ2v) is 8.42. The van der Waals surface area contributed by atoms with E-state index in [0.717, 1.165) is 22.8 Å². The third-order valence-electron chi connectivity index (χ3n) is 6.14. The number of aromatic amines is 1. The summed E-state index contributed by atoms with van der Waals surface area (Å²) >= 11 is 0. The predicted octanol–water partition coefficient (Wildman–Crippen LogP) is 5.15. The lowest BCUT2D eigenvalue weighted by molar-refractivity contribution is 0.585. The molecule has 0 bridgehead atoms. The Hall–Kier alpha value is -4.26. The van der Waals surface area contributed by atoms with Crippen LogP contribution < -0.4 is 11.1 Å². The number of fused-ring (bicyclic) bond motifs is 1. The molecule has 0 amide bonds. The number of hydrogen-bond acceptors (Lipinski definition) is 2. The van der Waals surface area contributed by atoms with E-state index >= 15 is 0 Å². The highest BCUT2D eigenvalue weighted by Crippen LogP contribution is 2.37. The molecular weight excluding hydrogens is 436 g/mol. The maximum absolute atomic E-state index is 14.5. The first kappa shape index (κ1) is 21.6. The van der Waals surface area contributed by atoms with E-state index in [2.05, 4.69) is 4.98 Å². The van der Waals surface area contributed by atoms with Gasteiger partial charge in [0.2, 0.25) is 0 Å². The molecule has 0 atom stereocenters. The van der Waals surface area contributed by atoms with Crippen molar-refractivity contribution in [3.8, 4) is 33.5 Å². The number of hydrogen-bond donors (Lipinski definition) is 1. The van der Waals surface area contributed by atoms with Crippen molar-refractivity contribution in [1.29, 1.82) is 0 Å². The van der Waals surface area contributed by atoms with Crippen molar-refractivity contribution in [2.45, 2.75) is 6.92 Å². The second kappa shape index (κ2) is 7.95. The molecule has 0 aliphatic carbocycles. The Labute approximate surface area is 193 Å². The van der Waals surface area contributed by atoms with Crippen molar-refractivity contribution in [1.82, 2.24) is 14.1 Å². The van der Waals surface area contributed by atoms with Crippen molar-refractivity contribution in [2.75, 3.05) is 0 Å². The van der Waals surface area contributed by atoms with Crippen molar-refractivity contribution in [2.24, 2.45) is 14.1 Å². The van der Waals surface area contributed by atoms with E-state index in [9.17, 15) is 18.4 Å². The van der Waals surface area contributed by atoms with Crippen LogP contribution in [0, 0.1) is 18.6 Å². The molecule has 5 nitrogen and oxygen atoms in total. The van der Waals surface area contributed by atoms with Gasteiger partial charge in [-0.1, -0.05) is 24.3 Å². The zero-order valence-corrected chi connectivity index (χ0v) is 18.8. The first-order chi connectivity index (χ1) is 16.2. The number of aromatic nitrogens is 3. The topological polar surface area (TPSA) is 59.8 Å². The molecule has 2 aromatic carbocycles. The van der Waals surface area contributed by atoms with Gasteiger partial charge in [0.1, 0.15) is 17.2 Å². The molecule has 3 aromatic heterocycles. The van der Waals surface area contributed by atoms with Gasteiger partial charge in [-0.05, 0) is 41.8 Å². The summed E-state index contributed by atoms with van der Waals surface area (Å²) in [7, 11) is 3.31. The first-order valence-electron chi connectivity index (χ1n) is 10.7. The Bertz CT molecular complexity index is 1710. The highest BCUT2D eigenvalue weighted by Gasteiger charge is 2.19. The Kier molecular flexibility index (Phi) is 5.05. The number of rotatable bonds is 3. The molecular formula is C27H21F2N3O2. The monoisotopic (exact) mass is 457 g/mol. The standard InChI is InChI=1S/C27H21F2N3O2/c1-15-6-4-5-7-17(15)21-13-31(2)25(33)12-19(21)22-14-32(3)27(34)26-20(22)11-24(30-26)18-9-8-16(28)10-23(18)29/h4-14,30H,1-3H3. The van der Waals surface area contributed by atoms with Crippen LogP contribution in [0.15, 0.2) is 76.6 Å². The number of nitrogens with one attached hydrogen (secondary N) is 1. The minimum Gasteiger partial charge on any atom is -0.350 e. The fourth-order valence-electron chi connectivity index (χ4n) is 4.34. The number of halogens is 2. The lowest BCUT2D eigenvalue weighted by Gasteiger charge is -2.15. The van der Waals surface area contributed by atoms with Crippen molar-refractivity contribution in [3.05, 3.63) is 105 Å². The summed E-state index contributed by atoms with van der Waals surface area (Å²) in [5, 5.41) is 0.546. The van der Waals surface area contributed by atoms with Crippen LogP contribution in [0.25, 0.3) is 44.4 Å². The van der Waals surface area contributed by atoms with Crippen LogP contribution in [0.1, 0.15) is 5.56 Å². The number of aryl methyl sites for hydroxylation is 3. The molecule has 0 aliphatic rings. The zero-order chi connectivity index (χ0) is 24.1. The van der Waals surface area contributed by atoms with Gasteiger partial charge >= 0.3 is 0 Å². The molecule has 0 aliphatic heterocycles. The molecule has 5 aromatic rings. The molecule has 0 saturated carbocycles. The van der Waals surface area contributed by atoms with Crippen LogP contribution in [-0.4, -0.2) is 14.1 Å². The van der Waals surface area contributed by atoms with Crippen LogP contribution >= 0.6 is 0 Å². The van der Waals surface area contributed by atoms with E-state index in [1.807, 2.05) is 31.2 Å². The van der Waals surface area contributed by atoms with Crippen molar-refractivity contribution < 1.29 is 8.78 Å². The molecule has 3 heterocycles. The van der Waals surface area contributed by atoms with Crippen molar-refractivity contribution in [3.63, 3.8) is 0 Å². The SMILES string of the molecule is Cc1ccccc1-c1cn(C)c(=O)cc1-c1cn(C)c(=O)c2[nH]c(-c3ccc(F)cc3F)cc12. The highest BCUT2D eigenvalue weighted by molar-refractivity contribution is 6.01. The van der Waals surface area contributed by atoms with Crippen LogP contribution in [0.3, 0.4) is 0 Å². The van der Waals surface area contributed by atoms with E-state index < -0.39 is 11.6 Å². The molecule has 34 heavy (non-hydrogen) atoms. The van der Waals surface area contributed by atoms with Gasteiger partial charge in [-0.25, -0.2) is 8.78 Å². The number of H-pyrrole nitrogens is 1. The normalized spacial score (nSPS) is 11.3. The predicted molar refractivity (Wildman–Crippen MR) is 130 cm³/mol. The fourth-order valence-corrected chi connectivity index (χ4v) is 4.34. The van der Waals surface area contributed by atoms with Gasteiger partial charge in [-0.15, -0.1) is 0 Å². The smallest absolute Gasteiger partial charge is 0.274 e. The summed E-state index contributed by atoms with van der Waals surface area (Å²) in [5.74, 6) is -1.42. The van der Waals surface area contributed by atoms with Crippen LogP contribution in [0.4, 0.5) is 8.78 Å². The van der Waals surface area contributed by atoms with Crippen molar-refractivity contribution >= 4 is 10.9 Å². The Morgan fingerprint density at radius 1 is 0.765 bits per heavy atom. The molecule has 0 saturated heterocycles. The molecule has 0 unspecified atom stereocenters. The maximum Gasteiger partial charge on any atom is 0.274 e. The number of pyridine rings is 2. The molecule has 0 radical (unpaired) electrons. The zero-order valence-electron chi connectivity index (χ0n) is 18.8. The van der Waals surface area contributed by atoms with E-state index in [1.165, 1.54) is 21.3 Å². The molecule has 170 valence electrons. The molecule has 0 fully saturated rings. The lowest BCUT2D eigenvalue weighted by atomic mass is 9.93. The number of nitrogens with zero attached hydrogens (tertiary/aromatic N) is 2. The summed E-state index contributed by atoms with van der Waals surface area (Å²) in [6.07, 6.45) is 3.46. The maximum atomic E-state index is 14.5. The van der Waals surface area contributed by atoms with Gasteiger partial charge < -0.3 is 14.1 Å². The van der Waals surface area contributed by atoms with Gasteiger partial charge in [0.05, 0.1) is 0 Å². The minimum atomic E-state index is -0.737. The third-order valence-corrected chi connectivity index (χ3v) is 6.14. The summed E-state index contributed by atoms with van der Waals surface area (Å²) in [4.78, 5) is 28.6. The van der Waals surface area contributed by atoms with E-state index in [1.54, 1.807) is 38.6 Å².